The molecule has 2 rings (SSSR count). The maximum Gasteiger partial charge on any atom is 0.339 e. The largest absolute Gasteiger partial charge is 0.379 e. The van der Waals surface area contributed by atoms with Crippen molar-refractivity contribution in [2.75, 3.05) is 0 Å². The van der Waals surface area contributed by atoms with Crippen molar-refractivity contribution in [2.24, 2.45) is 0 Å². The van der Waals surface area contributed by atoms with Crippen LogP contribution in [0, 0.1) is 20.8 Å². The molecule has 0 atom stereocenters. The molecular weight excluding hydrogens is 260 g/mol. The molecule has 0 N–H and O–H groups in total. The van der Waals surface area contributed by atoms with E-state index in [9.17, 15) is 8.42 Å². The molecule has 0 fully saturated rings. The predicted octanol–water partition coefficient (Wildman–Crippen LogP) is 3.38. The molecule has 0 aromatic heterocycles. The van der Waals surface area contributed by atoms with Crippen LogP contribution >= 0.6 is 0 Å². The van der Waals surface area contributed by atoms with Crippen molar-refractivity contribution in [3.63, 3.8) is 0 Å². The van der Waals surface area contributed by atoms with Gasteiger partial charge in [0, 0.05) is 0 Å². The van der Waals surface area contributed by atoms with Crippen molar-refractivity contribution in [1.29, 1.82) is 0 Å². The molecule has 2 aromatic carbocycles. The first-order valence-electron chi connectivity index (χ1n) is 5.97. The lowest BCUT2D eigenvalue weighted by atomic mass is 10.1. The maximum absolute atomic E-state index is 12.2. The Bertz CT molecular complexity index is 686. The summed E-state index contributed by atoms with van der Waals surface area (Å²) in [6.45, 7) is 5.66. The average Bonchev–Trinajstić information content (AvgIpc) is 2.35. The van der Waals surface area contributed by atoms with Gasteiger partial charge in [-0.1, -0.05) is 29.8 Å². The average molecular weight is 276 g/mol. The predicted molar refractivity (Wildman–Crippen MR) is 74.9 cm³/mol. The Hall–Kier alpha value is -1.81. The van der Waals surface area contributed by atoms with E-state index >= 15 is 0 Å². The van der Waals surface area contributed by atoms with Crippen LogP contribution in [0.2, 0.25) is 0 Å². The highest BCUT2D eigenvalue weighted by Gasteiger charge is 2.17. The third-order valence-corrected chi connectivity index (χ3v) is 4.31. The molecule has 0 bridgehead atoms. The quantitative estimate of drug-likeness (QED) is 0.807. The number of rotatable bonds is 3. The molecule has 0 radical (unpaired) electrons. The van der Waals surface area contributed by atoms with Crippen LogP contribution in [0.4, 0.5) is 0 Å². The summed E-state index contributed by atoms with van der Waals surface area (Å²) in [5, 5.41) is 0. The number of hydrogen-bond acceptors (Lipinski definition) is 3. The van der Waals surface area contributed by atoms with Crippen LogP contribution in [0.5, 0.6) is 5.75 Å². The lowest BCUT2D eigenvalue weighted by molar-refractivity contribution is 0.484. The lowest BCUT2D eigenvalue weighted by Gasteiger charge is -2.11. The maximum atomic E-state index is 12.2. The zero-order valence-corrected chi connectivity index (χ0v) is 12.0. The molecule has 0 aliphatic heterocycles. The Morgan fingerprint density at radius 2 is 1.53 bits per heavy atom. The van der Waals surface area contributed by atoms with Gasteiger partial charge < -0.3 is 4.18 Å². The van der Waals surface area contributed by atoms with Crippen molar-refractivity contribution in [3.05, 3.63) is 59.2 Å². The molecule has 2 aromatic rings. The van der Waals surface area contributed by atoms with E-state index in [1.807, 2.05) is 26.8 Å². The van der Waals surface area contributed by atoms with Crippen LogP contribution in [0.25, 0.3) is 0 Å². The highest BCUT2D eigenvalue weighted by Crippen LogP contribution is 2.24. The fraction of sp³-hybridized carbons (Fsp3) is 0.200. The fourth-order valence-electron chi connectivity index (χ4n) is 1.69. The van der Waals surface area contributed by atoms with E-state index in [2.05, 4.69) is 0 Å². The molecule has 0 aliphatic rings. The monoisotopic (exact) mass is 276 g/mol. The van der Waals surface area contributed by atoms with Crippen molar-refractivity contribution in [3.8, 4) is 5.75 Å². The summed E-state index contributed by atoms with van der Waals surface area (Å²) in [5.41, 5.74) is 2.83. The molecule has 0 heterocycles. The SMILES string of the molecule is Cc1ccc(S(=O)(=O)Oc2cccc(C)c2C)cc1. The van der Waals surface area contributed by atoms with Gasteiger partial charge >= 0.3 is 10.1 Å². The summed E-state index contributed by atoms with van der Waals surface area (Å²) in [5.74, 6) is 0.376. The topological polar surface area (TPSA) is 43.4 Å². The van der Waals surface area contributed by atoms with Crippen LogP contribution < -0.4 is 4.18 Å². The van der Waals surface area contributed by atoms with Crippen molar-refractivity contribution < 1.29 is 12.6 Å². The van der Waals surface area contributed by atoms with Crippen LogP contribution in [-0.4, -0.2) is 8.42 Å². The van der Waals surface area contributed by atoms with E-state index in [1.165, 1.54) is 0 Å². The standard InChI is InChI=1S/C15H16O3S/c1-11-7-9-14(10-8-11)19(16,17)18-15-6-4-5-12(2)13(15)3/h4-10H,1-3H3. The zero-order valence-electron chi connectivity index (χ0n) is 11.2. The number of benzene rings is 2. The molecule has 19 heavy (non-hydrogen) atoms. The molecule has 4 heteroatoms. The smallest absolute Gasteiger partial charge is 0.339 e. The second kappa shape index (κ2) is 5.05. The molecule has 0 spiro atoms. The van der Waals surface area contributed by atoms with Gasteiger partial charge in [-0.05, 0) is 50.1 Å². The van der Waals surface area contributed by atoms with Gasteiger partial charge in [0.2, 0.25) is 0 Å². The molecule has 0 amide bonds. The minimum atomic E-state index is -3.77. The zero-order chi connectivity index (χ0) is 14.0. The third-order valence-electron chi connectivity index (χ3n) is 3.06. The van der Waals surface area contributed by atoms with Crippen molar-refractivity contribution >= 4 is 10.1 Å². The summed E-state index contributed by atoms with van der Waals surface area (Å²) in [7, 11) is -3.77. The summed E-state index contributed by atoms with van der Waals surface area (Å²) < 4.78 is 29.5. The second-order valence-electron chi connectivity index (χ2n) is 4.55. The highest BCUT2D eigenvalue weighted by molar-refractivity contribution is 7.87. The number of aryl methyl sites for hydroxylation is 2. The van der Waals surface area contributed by atoms with E-state index < -0.39 is 10.1 Å². The van der Waals surface area contributed by atoms with Crippen LogP contribution in [0.1, 0.15) is 16.7 Å². The van der Waals surface area contributed by atoms with E-state index in [4.69, 9.17) is 4.18 Å². The van der Waals surface area contributed by atoms with Gasteiger partial charge in [-0.25, -0.2) is 0 Å². The summed E-state index contributed by atoms with van der Waals surface area (Å²) in [6, 6.07) is 12.0. The first kappa shape index (κ1) is 13.6. The number of hydrogen-bond donors (Lipinski definition) is 0. The molecule has 0 aliphatic carbocycles. The Kier molecular flexibility index (Phi) is 3.62. The van der Waals surface area contributed by atoms with Crippen molar-refractivity contribution in [1.82, 2.24) is 0 Å². The van der Waals surface area contributed by atoms with Crippen molar-refractivity contribution in [2.45, 2.75) is 25.7 Å². The summed E-state index contributed by atoms with van der Waals surface area (Å²) in [6.07, 6.45) is 0. The molecule has 0 unspecified atom stereocenters. The van der Waals surface area contributed by atoms with Gasteiger partial charge in [0.15, 0.2) is 0 Å². The second-order valence-corrected chi connectivity index (χ2v) is 6.09. The van der Waals surface area contributed by atoms with Gasteiger partial charge in [0.1, 0.15) is 10.6 Å². The normalized spacial score (nSPS) is 11.3. The molecule has 0 saturated carbocycles. The molecule has 100 valence electrons. The van der Waals surface area contributed by atoms with E-state index in [0.29, 0.717) is 5.75 Å². The summed E-state index contributed by atoms with van der Waals surface area (Å²) in [4.78, 5) is 0.166. The third kappa shape index (κ3) is 2.96. The van der Waals surface area contributed by atoms with Gasteiger partial charge in [-0.2, -0.15) is 8.42 Å². The summed E-state index contributed by atoms with van der Waals surface area (Å²) >= 11 is 0. The lowest BCUT2D eigenvalue weighted by Crippen LogP contribution is -2.10. The van der Waals surface area contributed by atoms with E-state index in [-0.39, 0.29) is 4.90 Å². The van der Waals surface area contributed by atoms with E-state index in [1.54, 1.807) is 36.4 Å². The van der Waals surface area contributed by atoms with Crippen LogP contribution in [0.15, 0.2) is 47.4 Å². The Balaban J connectivity index is 2.36. The highest BCUT2D eigenvalue weighted by atomic mass is 32.2. The minimum Gasteiger partial charge on any atom is -0.379 e. The first-order valence-corrected chi connectivity index (χ1v) is 7.38. The molecule has 0 saturated heterocycles. The first-order chi connectivity index (χ1) is 8.90. The van der Waals surface area contributed by atoms with Crippen LogP contribution in [0.3, 0.4) is 0 Å². The Morgan fingerprint density at radius 1 is 0.895 bits per heavy atom. The van der Waals surface area contributed by atoms with Gasteiger partial charge in [-0.3, -0.25) is 0 Å². The molecular formula is C15H16O3S. The van der Waals surface area contributed by atoms with Crippen LogP contribution in [-0.2, 0) is 10.1 Å². The van der Waals surface area contributed by atoms with Gasteiger partial charge in [-0.15, -0.1) is 0 Å². The van der Waals surface area contributed by atoms with Gasteiger partial charge in [0.25, 0.3) is 0 Å². The fourth-order valence-corrected chi connectivity index (χ4v) is 2.67. The van der Waals surface area contributed by atoms with Gasteiger partial charge in [0.05, 0.1) is 0 Å². The van der Waals surface area contributed by atoms with E-state index in [0.717, 1.165) is 16.7 Å². The molecule has 3 nitrogen and oxygen atoms in total. The Morgan fingerprint density at radius 3 is 2.16 bits per heavy atom. The minimum absolute atomic E-state index is 0.166. The Labute approximate surface area is 114 Å².